The molecule has 4 heteroatoms. The van der Waals surface area contributed by atoms with Crippen molar-refractivity contribution < 1.29 is 0 Å². The highest BCUT2D eigenvalue weighted by Gasteiger charge is 2.19. The van der Waals surface area contributed by atoms with Gasteiger partial charge in [0.2, 0.25) is 0 Å². The average molecular weight is 385 g/mol. The Morgan fingerprint density at radius 1 is 1.19 bits per heavy atom. The van der Waals surface area contributed by atoms with E-state index in [0.717, 1.165) is 27.2 Å². The maximum absolute atomic E-state index is 6.33. The molecule has 0 fully saturated rings. The summed E-state index contributed by atoms with van der Waals surface area (Å²) < 4.78 is 1.09. The Morgan fingerprint density at radius 3 is 2.62 bits per heavy atom. The molecule has 0 aliphatic heterocycles. The third-order valence-electron chi connectivity index (χ3n) is 3.41. The van der Waals surface area contributed by atoms with Gasteiger partial charge < -0.3 is 5.73 Å². The molecule has 2 N–H and O–H groups in total. The van der Waals surface area contributed by atoms with Crippen molar-refractivity contribution in [2.45, 2.75) is 30.4 Å². The van der Waals surface area contributed by atoms with Crippen LogP contribution in [0, 0.1) is 0 Å². The Kier molecular flexibility index (Phi) is 6.62. The molecule has 0 heterocycles. The fourth-order valence-corrected chi connectivity index (χ4v) is 4.25. The van der Waals surface area contributed by atoms with Gasteiger partial charge in [0.15, 0.2) is 0 Å². The van der Waals surface area contributed by atoms with E-state index in [1.165, 1.54) is 5.56 Å². The van der Waals surface area contributed by atoms with Gasteiger partial charge in [-0.1, -0.05) is 64.8 Å². The summed E-state index contributed by atoms with van der Waals surface area (Å²) in [6, 6.07) is 16.5. The first-order chi connectivity index (χ1) is 10.1. The fraction of sp³-hybridized carbons (Fsp3) is 0.294. The van der Waals surface area contributed by atoms with Crippen LogP contribution in [-0.2, 0) is 5.75 Å². The van der Waals surface area contributed by atoms with Crippen LogP contribution in [-0.4, -0.2) is 6.04 Å². The molecular weight excluding hydrogens is 366 g/mol. The minimum Gasteiger partial charge on any atom is -0.326 e. The highest BCUT2D eigenvalue weighted by Crippen LogP contribution is 2.37. The molecule has 2 unspecified atom stereocenters. The maximum atomic E-state index is 6.33. The second kappa shape index (κ2) is 8.23. The van der Waals surface area contributed by atoms with Crippen LogP contribution in [0.5, 0.6) is 0 Å². The van der Waals surface area contributed by atoms with Crippen LogP contribution in [0.2, 0.25) is 5.02 Å². The maximum Gasteiger partial charge on any atom is 0.0451 e. The van der Waals surface area contributed by atoms with Crippen LogP contribution in [0.15, 0.2) is 53.0 Å². The van der Waals surface area contributed by atoms with Gasteiger partial charge in [0.25, 0.3) is 0 Å². The Hall–Kier alpha value is -0.480. The van der Waals surface area contributed by atoms with Crippen LogP contribution in [0.1, 0.15) is 29.7 Å². The number of halogens is 2. The van der Waals surface area contributed by atoms with Crippen LogP contribution in [0.4, 0.5) is 0 Å². The number of benzene rings is 2. The Labute approximate surface area is 144 Å². The summed E-state index contributed by atoms with van der Waals surface area (Å²) in [5, 5.41) is 1.09. The topological polar surface area (TPSA) is 26.0 Å². The van der Waals surface area contributed by atoms with E-state index in [-0.39, 0.29) is 11.3 Å². The largest absolute Gasteiger partial charge is 0.326 e. The van der Waals surface area contributed by atoms with Crippen molar-refractivity contribution in [3.05, 3.63) is 69.2 Å². The van der Waals surface area contributed by atoms with Crippen molar-refractivity contribution in [3.63, 3.8) is 0 Å². The van der Waals surface area contributed by atoms with Gasteiger partial charge in [-0.15, -0.1) is 11.8 Å². The standard InChI is InChI=1S/C17H19BrClNS/c1-2-16(20)17(12-7-5-8-14(18)10-12)21-11-13-6-3-4-9-15(13)19/h3-10,16-17H,2,11,20H2,1H3. The van der Waals surface area contributed by atoms with Crippen molar-refractivity contribution >= 4 is 39.3 Å². The Morgan fingerprint density at radius 2 is 1.95 bits per heavy atom. The van der Waals surface area contributed by atoms with E-state index in [4.69, 9.17) is 17.3 Å². The predicted molar refractivity (Wildman–Crippen MR) is 97.9 cm³/mol. The van der Waals surface area contributed by atoms with Crippen molar-refractivity contribution in [2.24, 2.45) is 5.73 Å². The van der Waals surface area contributed by atoms with Gasteiger partial charge in [-0.05, 0) is 35.7 Å². The molecule has 1 nitrogen and oxygen atoms in total. The number of thioether (sulfide) groups is 1. The van der Waals surface area contributed by atoms with Gasteiger partial charge in [0, 0.05) is 26.5 Å². The summed E-state index contributed by atoms with van der Waals surface area (Å²) in [5.41, 5.74) is 8.75. The van der Waals surface area contributed by atoms with E-state index in [0.29, 0.717) is 0 Å². The van der Waals surface area contributed by atoms with E-state index in [1.807, 2.05) is 36.0 Å². The molecular formula is C17H19BrClNS. The highest BCUT2D eigenvalue weighted by atomic mass is 79.9. The van der Waals surface area contributed by atoms with Crippen molar-refractivity contribution in [3.8, 4) is 0 Å². The van der Waals surface area contributed by atoms with Gasteiger partial charge in [-0.25, -0.2) is 0 Å². The summed E-state index contributed by atoms with van der Waals surface area (Å²) >= 11 is 11.6. The normalized spacial score (nSPS) is 13.9. The van der Waals surface area contributed by atoms with Gasteiger partial charge in [-0.3, -0.25) is 0 Å². The van der Waals surface area contributed by atoms with E-state index in [9.17, 15) is 0 Å². The van der Waals surface area contributed by atoms with Gasteiger partial charge >= 0.3 is 0 Å². The van der Waals surface area contributed by atoms with Crippen LogP contribution >= 0.6 is 39.3 Å². The van der Waals surface area contributed by atoms with E-state index < -0.39 is 0 Å². The second-order valence-corrected chi connectivity index (χ2v) is 7.40. The number of rotatable bonds is 6. The second-order valence-electron chi connectivity index (χ2n) is 4.95. The van der Waals surface area contributed by atoms with Gasteiger partial charge in [0.05, 0.1) is 0 Å². The smallest absolute Gasteiger partial charge is 0.0451 e. The minimum absolute atomic E-state index is 0.131. The molecule has 0 radical (unpaired) electrons. The third-order valence-corrected chi connectivity index (χ3v) is 5.73. The Balaban J connectivity index is 2.16. The molecule has 112 valence electrons. The molecule has 2 rings (SSSR count). The van der Waals surface area contributed by atoms with Crippen LogP contribution in [0.3, 0.4) is 0 Å². The van der Waals surface area contributed by atoms with Gasteiger partial charge in [-0.2, -0.15) is 0 Å². The lowest BCUT2D eigenvalue weighted by Gasteiger charge is -2.23. The van der Waals surface area contributed by atoms with Gasteiger partial charge in [0.1, 0.15) is 0 Å². The molecule has 2 aromatic rings. The summed E-state index contributed by atoms with van der Waals surface area (Å²) in [4.78, 5) is 0. The van der Waals surface area contributed by atoms with Crippen molar-refractivity contribution in [1.82, 2.24) is 0 Å². The lowest BCUT2D eigenvalue weighted by molar-refractivity contribution is 0.634. The first kappa shape index (κ1) is 16.9. The molecule has 0 saturated heterocycles. The van der Waals surface area contributed by atoms with E-state index in [1.54, 1.807) is 0 Å². The van der Waals surface area contributed by atoms with Crippen molar-refractivity contribution in [1.29, 1.82) is 0 Å². The summed E-state index contributed by atoms with van der Waals surface area (Å²) in [7, 11) is 0. The average Bonchev–Trinajstić information content (AvgIpc) is 2.49. The monoisotopic (exact) mass is 383 g/mol. The summed E-state index contributed by atoms with van der Waals surface area (Å²) in [6.07, 6.45) is 0.951. The molecule has 2 aromatic carbocycles. The summed E-state index contributed by atoms with van der Waals surface area (Å²) in [5.74, 6) is 0.866. The number of hydrogen-bond acceptors (Lipinski definition) is 2. The fourth-order valence-electron chi connectivity index (χ4n) is 2.16. The molecule has 0 bridgehead atoms. The molecule has 2 atom stereocenters. The first-order valence-corrected chi connectivity index (χ1v) is 9.20. The quantitative estimate of drug-likeness (QED) is 0.679. The molecule has 0 aromatic heterocycles. The molecule has 0 spiro atoms. The van der Waals surface area contributed by atoms with Crippen LogP contribution < -0.4 is 5.73 Å². The Bertz CT molecular complexity index is 591. The molecule has 0 amide bonds. The van der Waals surface area contributed by atoms with Crippen molar-refractivity contribution in [2.75, 3.05) is 0 Å². The van der Waals surface area contributed by atoms with E-state index in [2.05, 4.69) is 47.1 Å². The van der Waals surface area contributed by atoms with Crippen LogP contribution in [0.25, 0.3) is 0 Å². The minimum atomic E-state index is 0.131. The summed E-state index contributed by atoms with van der Waals surface area (Å²) in [6.45, 7) is 2.13. The lowest BCUT2D eigenvalue weighted by atomic mass is 10.0. The highest BCUT2D eigenvalue weighted by molar-refractivity contribution is 9.10. The lowest BCUT2D eigenvalue weighted by Crippen LogP contribution is -2.25. The molecule has 0 aliphatic rings. The molecule has 0 aliphatic carbocycles. The molecule has 0 saturated carbocycles. The number of hydrogen-bond donors (Lipinski definition) is 1. The SMILES string of the molecule is CCC(N)C(SCc1ccccc1Cl)c1cccc(Br)c1. The van der Waals surface area contributed by atoms with E-state index >= 15 is 0 Å². The third kappa shape index (κ3) is 4.75. The zero-order valence-corrected chi connectivity index (χ0v) is 15.1. The zero-order valence-electron chi connectivity index (χ0n) is 11.9. The molecule has 21 heavy (non-hydrogen) atoms. The zero-order chi connectivity index (χ0) is 15.2. The predicted octanol–water partition coefficient (Wildman–Crippen LogP) is 5.81. The first-order valence-electron chi connectivity index (χ1n) is 6.98. The number of nitrogens with two attached hydrogens (primary N) is 1.